The predicted molar refractivity (Wildman–Crippen MR) is 132 cm³/mol. The van der Waals surface area contributed by atoms with E-state index >= 15 is 0 Å². The maximum atomic E-state index is 13.1. The Morgan fingerprint density at radius 2 is 1.58 bits per heavy atom. The number of hydrogen-bond acceptors (Lipinski definition) is 5. The summed E-state index contributed by atoms with van der Waals surface area (Å²) in [4.78, 5) is 15.7. The molecule has 3 aromatic rings. The van der Waals surface area contributed by atoms with E-state index in [0.717, 1.165) is 24.2 Å². The standard InChI is InChI=1S/C25H26N2O4S2/c1-32-24-15-14-22(18-23(24)25(28)27-16-6-3-7-17-27)33(29,30)26-19-10-12-21(13-11-19)31-20-8-4-2-5-9-20/h2,4-5,8-15,18,26H,3,6-7,16-17H2,1H3. The van der Waals surface area contributed by atoms with Crippen molar-refractivity contribution in [2.45, 2.75) is 29.1 Å². The van der Waals surface area contributed by atoms with E-state index in [1.807, 2.05) is 41.5 Å². The largest absolute Gasteiger partial charge is 0.457 e. The van der Waals surface area contributed by atoms with Crippen LogP contribution in [0.3, 0.4) is 0 Å². The fourth-order valence-corrected chi connectivity index (χ4v) is 5.37. The number of anilines is 1. The molecular weight excluding hydrogens is 456 g/mol. The zero-order valence-corrected chi connectivity index (χ0v) is 20.0. The lowest BCUT2D eigenvalue weighted by atomic mass is 10.1. The summed E-state index contributed by atoms with van der Waals surface area (Å²) in [6.07, 6.45) is 4.95. The number of carbonyl (C=O) groups is 1. The molecule has 33 heavy (non-hydrogen) atoms. The van der Waals surface area contributed by atoms with Gasteiger partial charge in [0.2, 0.25) is 0 Å². The van der Waals surface area contributed by atoms with E-state index < -0.39 is 10.0 Å². The molecule has 0 aliphatic carbocycles. The second-order valence-electron chi connectivity index (χ2n) is 7.76. The highest BCUT2D eigenvalue weighted by Crippen LogP contribution is 2.28. The van der Waals surface area contributed by atoms with Crippen molar-refractivity contribution < 1.29 is 17.9 Å². The maximum Gasteiger partial charge on any atom is 0.261 e. The van der Waals surface area contributed by atoms with Crippen LogP contribution in [0.5, 0.6) is 11.5 Å². The zero-order valence-electron chi connectivity index (χ0n) is 18.4. The number of rotatable bonds is 7. The van der Waals surface area contributed by atoms with Crippen LogP contribution in [-0.2, 0) is 10.0 Å². The minimum absolute atomic E-state index is 0.0604. The smallest absolute Gasteiger partial charge is 0.261 e. The van der Waals surface area contributed by atoms with E-state index in [9.17, 15) is 13.2 Å². The summed E-state index contributed by atoms with van der Waals surface area (Å²) in [5.41, 5.74) is 0.840. The van der Waals surface area contributed by atoms with Gasteiger partial charge in [-0.25, -0.2) is 8.42 Å². The Bertz CT molecular complexity index is 1210. The van der Waals surface area contributed by atoms with Gasteiger partial charge >= 0.3 is 0 Å². The van der Waals surface area contributed by atoms with Crippen molar-refractivity contribution in [3.05, 3.63) is 78.4 Å². The molecule has 1 fully saturated rings. The molecule has 0 spiro atoms. The van der Waals surface area contributed by atoms with Gasteiger partial charge in [-0.1, -0.05) is 18.2 Å². The van der Waals surface area contributed by atoms with Crippen molar-refractivity contribution >= 4 is 33.4 Å². The number of ether oxygens (including phenoxy) is 1. The van der Waals surface area contributed by atoms with Crippen LogP contribution in [0.4, 0.5) is 5.69 Å². The van der Waals surface area contributed by atoms with Crippen LogP contribution in [-0.4, -0.2) is 38.6 Å². The van der Waals surface area contributed by atoms with E-state index in [2.05, 4.69) is 4.72 Å². The Kier molecular flexibility index (Phi) is 7.25. The Morgan fingerprint density at radius 1 is 0.909 bits per heavy atom. The molecule has 1 heterocycles. The quantitative estimate of drug-likeness (QED) is 0.442. The van der Waals surface area contributed by atoms with Gasteiger partial charge in [0.25, 0.3) is 15.9 Å². The normalized spacial score (nSPS) is 14.0. The van der Waals surface area contributed by atoms with E-state index in [-0.39, 0.29) is 10.8 Å². The van der Waals surface area contributed by atoms with Crippen molar-refractivity contribution in [2.75, 3.05) is 24.1 Å². The highest BCUT2D eigenvalue weighted by molar-refractivity contribution is 7.98. The highest BCUT2D eigenvalue weighted by Gasteiger charge is 2.24. The van der Waals surface area contributed by atoms with Gasteiger partial charge in [0.05, 0.1) is 10.5 Å². The number of nitrogens with zero attached hydrogens (tertiary/aromatic N) is 1. The third-order valence-corrected chi connectivity index (χ3v) is 7.62. The number of sulfonamides is 1. The molecule has 3 aromatic carbocycles. The summed E-state index contributed by atoms with van der Waals surface area (Å²) in [5.74, 6) is 1.19. The van der Waals surface area contributed by atoms with Crippen LogP contribution >= 0.6 is 11.8 Å². The summed E-state index contributed by atoms with van der Waals surface area (Å²) < 4.78 is 34.5. The lowest BCUT2D eigenvalue weighted by Gasteiger charge is -2.27. The summed E-state index contributed by atoms with van der Waals surface area (Å²) in [7, 11) is -3.87. The molecule has 0 unspecified atom stereocenters. The number of para-hydroxylation sites is 1. The van der Waals surface area contributed by atoms with Gasteiger partial charge in [-0.3, -0.25) is 9.52 Å². The second kappa shape index (κ2) is 10.3. The number of benzene rings is 3. The molecule has 0 radical (unpaired) electrons. The minimum Gasteiger partial charge on any atom is -0.457 e. The molecule has 0 atom stereocenters. The molecule has 1 N–H and O–H groups in total. The molecule has 6 nitrogen and oxygen atoms in total. The number of nitrogens with one attached hydrogen (secondary N) is 1. The highest BCUT2D eigenvalue weighted by atomic mass is 32.2. The Balaban J connectivity index is 1.52. The van der Waals surface area contributed by atoms with Crippen molar-refractivity contribution in [3.8, 4) is 11.5 Å². The van der Waals surface area contributed by atoms with Crippen LogP contribution in [0.2, 0.25) is 0 Å². The van der Waals surface area contributed by atoms with Gasteiger partial charge in [-0.15, -0.1) is 11.8 Å². The van der Waals surface area contributed by atoms with Gasteiger partial charge in [0.1, 0.15) is 11.5 Å². The lowest BCUT2D eigenvalue weighted by molar-refractivity contribution is 0.0720. The number of amides is 1. The number of carbonyl (C=O) groups excluding carboxylic acids is 1. The first-order valence-corrected chi connectivity index (χ1v) is 13.5. The Labute approximate surface area is 199 Å². The van der Waals surface area contributed by atoms with Crippen LogP contribution in [0.15, 0.2) is 82.6 Å². The lowest BCUT2D eigenvalue weighted by Crippen LogP contribution is -2.36. The number of hydrogen-bond donors (Lipinski definition) is 1. The molecule has 1 aliphatic heterocycles. The molecule has 0 aromatic heterocycles. The van der Waals surface area contributed by atoms with Crippen molar-refractivity contribution in [2.24, 2.45) is 0 Å². The molecule has 1 saturated heterocycles. The fraction of sp³-hybridized carbons (Fsp3) is 0.240. The van der Waals surface area contributed by atoms with E-state index in [0.29, 0.717) is 35.8 Å². The predicted octanol–water partition coefficient (Wildman–Crippen LogP) is 5.63. The van der Waals surface area contributed by atoms with Crippen molar-refractivity contribution in [3.63, 3.8) is 0 Å². The second-order valence-corrected chi connectivity index (χ2v) is 10.3. The molecule has 1 amide bonds. The number of piperidine rings is 1. The summed E-state index contributed by atoms with van der Waals surface area (Å²) >= 11 is 1.44. The number of likely N-dealkylation sites (tertiary alicyclic amines) is 1. The first-order valence-electron chi connectivity index (χ1n) is 10.8. The van der Waals surface area contributed by atoms with Gasteiger partial charge in [0, 0.05) is 23.7 Å². The third-order valence-electron chi connectivity index (χ3n) is 5.44. The summed E-state index contributed by atoms with van der Waals surface area (Å²) in [6, 6.07) is 20.8. The van der Waals surface area contributed by atoms with Crippen LogP contribution in [0.25, 0.3) is 0 Å². The third kappa shape index (κ3) is 5.69. The zero-order chi connectivity index (χ0) is 23.3. The molecular formula is C25H26N2O4S2. The first kappa shape index (κ1) is 23.2. The monoisotopic (exact) mass is 482 g/mol. The van der Waals surface area contributed by atoms with E-state index in [1.165, 1.54) is 23.9 Å². The van der Waals surface area contributed by atoms with E-state index in [1.54, 1.807) is 30.3 Å². The van der Waals surface area contributed by atoms with Crippen molar-refractivity contribution in [1.82, 2.24) is 4.90 Å². The van der Waals surface area contributed by atoms with Crippen molar-refractivity contribution in [1.29, 1.82) is 0 Å². The molecule has 0 saturated carbocycles. The first-order chi connectivity index (χ1) is 16.0. The molecule has 8 heteroatoms. The maximum absolute atomic E-state index is 13.1. The van der Waals surface area contributed by atoms with Crippen LogP contribution in [0.1, 0.15) is 29.6 Å². The summed E-state index contributed by atoms with van der Waals surface area (Å²) in [6.45, 7) is 1.42. The molecule has 172 valence electrons. The number of thioether (sulfide) groups is 1. The molecule has 1 aliphatic rings. The van der Waals surface area contributed by atoms with Gasteiger partial charge in [-0.05, 0) is 80.1 Å². The molecule has 4 rings (SSSR count). The topological polar surface area (TPSA) is 75.7 Å². The molecule has 0 bridgehead atoms. The minimum atomic E-state index is -3.87. The average Bonchev–Trinajstić information content (AvgIpc) is 2.85. The average molecular weight is 483 g/mol. The van der Waals surface area contributed by atoms with Crippen LogP contribution in [0, 0.1) is 0 Å². The van der Waals surface area contributed by atoms with Crippen LogP contribution < -0.4 is 9.46 Å². The van der Waals surface area contributed by atoms with E-state index in [4.69, 9.17) is 4.74 Å². The van der Waals surface area contributed by atoms with Gasteiger partial charge in [-0.2, -0.15) is 0 Å². The van der Waals surface area contributed by atoms with Gasteiger partial charge < -0.3 is 9.64 Å². The SMILES string of the molecule is CSc1ccc(S(=O)(=O)Nc2ccc(Oc3ccccc3)cc2)cc1C(=O)N1CCCCC1. The Hall–Kier alpha value is -2.97. The van der Waals surface area contributed by atoms with Gasteiger partial charge in [0.15, 0.2) is 0 Å². The fourth-order valence-electron chi connectivity index (χ4n) is 3.72. The Morgan fingerprint density at radius 3 is 2.24 bits per heavy atom. The summed E-state index contributed by atoms with van der Waals surface area (Å²) in [5, 5.41) is 0.